The summed E-state index contributed by atoms with van der Waals surface area (Å²) in [4.78, 5) is 20.7. The number of thioether (sulfide) groups is 1. The molecule has 0 radical (unpaired) electrons. The number of carbonyl (C=O) groups excluding carboxylic acids is 1. The van der Waals surface area contributed by atoms with Gasteiger partial charge in [-0.25, -0.2) is 4.98 Å². The van der Waals surface area contributed by atoms with Gasteiger partial charge < -0.3 is 9.88 Å². The quantitative estimate of drug-likeness (QED) is 0.639. The Morgan fingerprint density at radius 1 is 1.36 bits per heavy atom. The van der Waals surface area contributed by atoms with Crippen LogP contribution in [-0.4, -0.2) is 36.4 Å². The van der Waals surface area contributed by atoms with Gasteiger partial charge in [-0.1, -0.05) is 24.8 Å². The lowest BCUT2D eigenvalue weighted by atomic mass is 10.3. The van der Waals surface area contributed by atoms with Crippen molar-refractivity contribution in [1.29, 1.82) is 0 Å². The maximum absolute atomic E-state index is 12.1. The number of thiazole rings is 1. The minimum absolute atomic E-state index is 0.107. The van der Waals surface area contributed by atoms with Gasteiger partial charge in [0.05, 0.1) is 11.4 Å². The fourth-order valence-corrected chi connectivity index (χ4v) is 3.67. The van der Waals surface area contributed by atoms with Crippen LogP contribution in [0.3, 0.4) is 0 Å². The van der Waals surface area contributed by atoms with Crippen molar-refractivity contribution in [2.75, 3.05) is 11.1 Å². The molecule has 0 spiro atoms. The summed E-state index contributed by atoms with van der Waals surface area (Å²) < 4.78 is 2.01. The monoisotopic (exact) mass is 374 g/mol. The molecule has 25 heavy (non-hydrogen) atoms. The number of rotatable bonds is 7. The molecule has 3 aromatic rings. The number of amides is 1. The molecule has 0 fully saturated rings. The van der Waals surface area contributed by atoms with Crippen molar-refractivity contribution in [1.82, 2.24) is 24.7 Å². The molecule has 1 amide bonds. The minimum atomic E-state index is -0.107. The maximum atomic E-state index is 12.1. The summed E-state index contributed by atoms with van der Waals surface area (Å²) in [5, 5.41) is 14.5. The highest BCUT2D eigenvalue weighted by Gasteiger charge is 2.16. The molecule has 130 valence electrons. The van der Waals surface area contributed by atoms with Crippen molar-refractivity contribution in [3.05, 3.63) is 35.5 Å². The van der Waals surface area contributed by atoms with Crippen molar-refractivity contribution >= 4 is 34.1 Å². The van der Waals surface area contributed by atoms with Gasteiger partial charge >= 0.3 is 0 Å². The van der Waals surface area contributed by atoms with Gasteiger partial charge in [0.25, 0.3) is 0 Å². The second-order valence-electron chi connectivity index (χ2n) is 5.30. The van der Waals surface area contributed by atoms with Crippen LogP contribution >= 0.6 is 23.1 Å². The standard InChI is InChI=1S/C16H18N6OS2/c1-3-8-22-14(12-6-4-5-7-17-12)20-21-16(22)25-10-13(23)19-15-18-11(2)9-24-15/h4-7,9H,3,8,10H2,1-2H3,(H,18,19,23). The van der Waals surface area contributed by atoms with Crippen molar-refractivity contribution in [2.45, 2.75) is 32.0 Å². The Hall–Kier alpha value is -2.26. The molecule has 3 heterocycles. The van der Waals surface area contributed by atoms with E-state index in [1.54, 1.807) is 6.20 Å². The highest BCUT2D eigenvalue weighted by atomic mass is 32.2. The molecular formula is C16H18N6OS2. The predicted octanol–water partition coefficient (Wildman–Crippen LogP) is 3.25. The molecule has 7 nitrogen and oxygen atoms in total. The van der Waals surface area contributed by atoms with Crippen LogP contribution in [-0.2, 0) is 11.3 Å². The number of anilines is 1. The second-order valence-corrected chi connectivity index (χ2v) is 7.10. The zero-order valence-electron chi connectivity index (χ0n) is 14.0. The smallest absolute Gasteiger partial charge is 0.236 e. The first kappa shape index (κ1) is 17.6. The van der Waals surface area contributed by atoms with E-state index in [-0.39, 0.29) is 11.7 Å². The molecule has 3 rings (SSSR count). The van der Waals surface area contributed by atoms with Gasteiger partial charge in [0, 0.05) is 18.1 Å². The lowest BCUT2D eigenvalue weighted by molar-refractivity contribution is -0.113. The van der Waals surface area contributed by atoms with Gasteiger partial charge in [-0.05, 0) is 25.5 Å². The third kappa shape index (κ3) is 4.43. The van der Waals surface area contributed by atoms with E-state index in [1.807, 2.05) is 35.1 Å². The molecule has 0 aromatic carbocycles. The number of carbonyl (C=O) groups is 1. The molecule has 0 bridgehead atoms. The summed E-state index contributed by atoms with van der Waals surface area (Å²) in [7, 11) is 0. The Balaban J connectivity index is 1.69. The van der Waals surface area contributed by atoms with E-state index in [4.69, 9.17) is 0 Å². The van der Waals surface area contributed by atoms with E-state index in [1.165, 1.54) is 23.1 Å². The first-order valence-corrected chi connectivity index (χ1v) is 9.73. The van der Waals surface area contributed by atoms with Crippen LogP contribution in [0.4, 0.5) is 5.13 Å². The van der Waals surface area contributed by atoms with Crippen LogP contribution in [0.1, 0.15) is 19.0 Å². The first-order valence-electron chi connectivity index (χ1n) is 7.86. The highest BCUT2D eigenvalue weighted by molar-refractivity contribution is 7.99. The van der Waals surface area contributed by atoms with Gasteiger partial charge in [0.1, 0.15) is 5.69 Å². The Morgan fingerprint density at radius 3 is 2.92 bits per heavy atom. The van der Waals surface area contributed by atoms with Crippen LogP contribution in [0, 0.1) is 6.92 Å². The van der Waals surface area contributed by atoms with Gasteiger partial charge in [-0.3, -0.25) is 9.78 Å². The summed E-state index contributed by atoms with van der Waals surface area (Å²) in [5.74, 6) is 0.869. The van der Waals surface area contributed by atoms with Crippen LogP contribution < -0.4 is 5.32 Å². The average molecular weight is 374 g/mol. The van der Waals surface area contributed by atoms with E-state index >= 15 is 0 Å². The van der Waals surface area contributed by atoms with Gasteiger partial charge in [-0.15, -0.1) is 21.5 Å². The third-order valence-corrected chi connectivity index (χ3v) is 5.10. The van der Waals surface area contributed by atoms with Gasteiger partial charge in [0.15, 0.2) is 16.1 Å². The summed E-state index contributed by atoms with van der Waals surface area (Å²) in [6, 6.07) is 5.69. The van der Waals surface area contributed by atoms with E-state index in [9.17, 15) is 4.79 Å². The van der Waals surface area contributed by atoms with E-state index in [2.05, 4.69) is 32.4 Å². The third-order valence-electron chi connectivity index (χ3n) is 3.26. The molecule has 1 N–H and O–H groups in total. The lowest BCUT2D eigenvalue weighted by Crippen LogP contribution is -2.14. The Labute approximate surface area is 153 Å². The minimum Gasteiger partial charge on any atom is -0.301 e. The van der Waals surface area contributed by atoms with Crippen LogP contribution in [0.2, 0.25) is 0 Å². The average Bonchev–Trinajstić information content (AvgIpc) is 3.20. The van der Waals surface area contributed by atoms with Crippen LogP contribution in [0.25, 0.3) is 11.5 Å². The summed E-state index contributed by atoms with van der Waals surface area (Å²) in [6.45, 7) is 4.76. The molecular weight excluding hydrogens is 356 g/mol. The van der Waals surface area contributed by atoms with Gasteiger partial charge in [0.2, 0.25) is 5.91 Å². The number of hydrogen-bond donors (Lipinski definition) is 1. The molecule has 0 atom stereocenters. The molecule has 0 aliphatic carbocycles. The Morgan fingerprint density at radius 2 is 2.24 bits per heavy atom. The Kier molecular flexibility index (Phi) is 5.77. The Bertz CT molecular complexity index is 845. The molecule has 0 unspecified atom stereocenters. The number of nitrogens with one attached hydrogen (secondary N) is 1. The number of hydrogen-bond acceptors (Lipinski definition) is 7. The normalized spacial score (nSPS) is 10.8. The van der Waals surface area contributed by atoms with Crippen LogP contribution in [0.15, 0.2) is 34.9 Å². The fourth-order valence-electron chi connectivity index (χ4n) is 2.20. The SMILES string of the molecule is CCCn1c(SCC(=O)Nc2nc(C)cs2)nnc1-c1ccccn1. The fraction of sp³-hybridized carbons (Fsp3) is 0.312. The molecule has 0 saturated heterocycles. The van der Waals surface area contributed by atoms with Crippen molar-refractivity contribution in [3.63, 3.8) is 0 Å². The number of nitrogens with zero attached hydrogens (tertiary/aromatic N) is 5. The molecule has 0 aliphatic rings. The van der Waals surface area contributed by atoms with E-state index in [0.717, 1.165) is 30.2 Å². The van der Waals surface area contributed by atoms with Gasteiger partial charge in [-0.2, -0.15) is 0 Å². The number of aromatic nitrogens is 5. The predicted molar refractivity (Wildman–Crippen MR) is 99.7 cm³/mol. The first-order chi connectivity index (χ1) is 12.2. The van der Waals surface area contributed by atoms with Crippen molar-refractivity contribution < 1.29 is 4.79 Å². The highest BCUT2D eigenvalue weighted by Crippen LogP contribution is 2.23. The molecule has 3 aromatic heterocycles. The van der Waals surface area contributed by atoms with E-state index in [0.29, 0.717) is 10.3 Å². The zero-order valence-corrected chi connectivity index (χ0v) is 15.6. The molecule has 9 heteroatoms. The lowest BCUT2D eigenvalue weighted by Gasteiger charge is -2.08. The topological polar surface area (TPSA) is 85.6 Å². The largest absolute Gasteiger partial charge is 0.301 e. The zero-order chi connectivity index (χ0) is 17.6. The number of pyridine rings is 1. The van der Waals surface area contributed by atoms with Crippen molar-refractivity contribution in [2.24, 2.45) is 0 Å². The summed E-state index contributed by atoms with van der Waals surface area (Å²) in [5.41, 5.74) is 1.67. The summed E-state index contributed by atoms with van der Waals surface area (Å²) >= 11 is 2.78. The van der Waals surface area contributed by atoms with Crippen molar-refractivity contribution in [3.8, 4) is 11.5 Å². The molecule has 0 aliphatic heterocycles. The summed E-state index contributed by atoms with van der Waals surface area (Å²) in [6.07, 6.45) is 2.67. The maximum Gasteiger partial charge on any atom is 0.236 e. The van der Waals surface area contributed by atoms with E-state index < -0.39 is 0 Å². The second kappa shape index (κ2) is 8.21. The van der Waals surface area contributed by atoms with Crippen LogP contribution in [0.5, 0.6) is 0 Å². The number of aryl methyl sites for hydroxylation is 1. The molecule has 0 saturated carbocycles.